The Bertz CT molecular complexity index is 1040. The van der Waals surface area contributed by atoms with Crippen LogP contribution in [-0.2, 0) is 17.8 Å². The number of carbonyl (C=O) groups excluding carboxylic acids is 2. The lowest BCUT2D eigenvalue weighted by molar-refractivity contribution is -0.131. The van der Waals surface area contributed by atoms with Crippen LogP contribution >= 0.6 is 15.9 Å². The quantitative estimate of drug-likeness (QED) is 0.506. The molecule has 0 aliphatic carbocycles. The van der Waals surface area contributed by atoms with Gasteiger partial charge in [-0.25, -0.2) is 0 Å². The van der Waals surface area contributed by atoms with Crippen molar-refractivity contribution in [2.75, 3.05) is 26.2 Å². The maximum Gasteiger partial charge on any atom is 0.253 e. The van der Waals surface area contributed by atoms with Gasteiger partial charge in [-0.1, -0.05) is 58.4 Å². The third-order valence-electron chi connectivity index (χ3n) is 5.54. The van der Waals surface area contributed by atoms with Crippen molar-refractivity contribution in [2.24, 2.45) is 0 Å². The van der Waals surface area contributed by atoms with Crippen molar-refractivity contribution in [3.05, 3.63) is 100 Å². The summed E-state index contributed by atoms with van der Waals surface area (Å²) in [6, 6.07) is 25.0. The highest BCUT2D eigenvalue weighted by Crippen LogP contribution is 2.18. The van der Waals surface area contributed by atoms with Gasteiger partial charge in [0.15, 0.2) is 0 Å². The zero-order valence-corrected chi connectivity index (χ0v) is 19.3. The molecule has 0 N–H and O–H groups in total. The summed E-state index contributed by atoms with van der Waals surface area (Å²) < 4.78 is 6.80. The van der Waals surface area contributed by atoms with Crippen LogP contribution < -0.4 is 4.74 Å². The zero-order chi connectivity index (χ0) is 22.3. The third kappa shape index (κ3) is 5.77. The molecule has 3 aromatic carbocycles. The van der Waals surface area contributed by atoms with E-state index in [-0.39, 0.29) is 11.8 Å². The molecule has 4 rings (SSSR count). The van der Waals surface area contributed by atoms with E-state index in [0.29, 0.717) is 44.8 Å². The predicted octanol–water partition coefficient (Wildman–Crippen LogP) is 4.56. The second-order valence-corrected chi connectivity index (χ2v) is 8.69. The molecule has 0 spiro atoms. The van der Waals surface area contributed by atoms with Gasteiger partial charge in [-0.3, -0.25) is 9.59 Å². The van der Waals surface area contributed by atoms with Crippen LogP contribution in [0.3, 0.4) is 0 Å². The van der Waals surface area contributed by atoms with Crippen LogP contribution in [0.15, 0.2) is 83.3 Å². The van der Waals surface area contributed by atoms with E-state index in [1.165, 1.54) is 0 Å². The number of hydrogen-bond donors (Lipinski definition) is 0. The van der Waals surface area contributed by atoms with E-state index >= 15 is 0 Å². The molecule has 1 aliphatic rings. The molecule has 2 amide bonds. The number of piperazine rings is 1. The maximum atomic E-state index is 12.9. The minimum absolute atomic E-state index is 0.000497. The number of amides is 2. The highest BCUT2D eigenvalue weighted by molar-refractivity contribution is 9.10. The van der Waals surface area contributed by atoms with Gasteiger partial charge in [0.2, 0.25) is 5.91 Å². The molecular weight excluding hydrogens is 468 g/mol. The summed E-state index contributed by atoms with van der Waals surface area (Å²) in [6.45, 7) is 2.67. The summed E-state index contributed by atoms with van der Waals surface area (Å²) in [6.07, 6.45) is 0.401. The van der Waals surface area contributed by atoms with Gasteiger partial charge in [0.1, 0.15) is 12.4 Å². The normalized spacial score (nSPS) is 13.7. The molecule has 6 heteroatoms. The Morgan fingerprint density at radius 1 is 0.750 bits per heavy atom. The lowest BCUT2D eigenvalue weighted by Gasteiger charge is -2.35. The third-order valence-corrected chi connectivity index (χ3v) is 6.07. The Balaban J connectivity index is 1.26. The van der Waals surface area contributed by atoms with Crippen molar-refractivity contribution in [3.63, 3.8) is 0 Å². The highest BCUT2D eigenvalue weighted by atomic mass is 79.9. The first-order valence-corrected chi connectivity index (χ1v) is 11.5. The topological polar surface area (TPSA) is 49.9 Å². The van der Waals surface area contributed by atoms with Crippen LogP contribution in [0.4, 0.5) is 0 Å². The summed E-state index contributed by atoms with van der Waals surface area (Å²) in [5.41, 5.74) is 2.67. The second kappa shape index (κ2) is 10.5. The van der Waals surface area contributed by atoms with E-state index in [0.717, 1.165) is 21.3 Å². The Labute approximate surface area is 196 Å². The van der Waals surface area contributed by atoms with Gasteiger partial charge in [-0.15, -0.1) is 0 Å². The van der Waals surface area contributed by atoms with Crippen LogP contribution in [0.5, 0.6) is 5.75 Å². The molecule has 5 nitrogen and oxygen atoms in total. The van der Waals surface area contributed by atoms with Crippen LogP contribution in [0, 0.1) is 0 Å². The lowest BCUT2D eigenvalue weighted by atomic mass is 10.1. The fourth-order valence-electron chi connectivity index (χ4n) is 3.66. The summed E-state index contributed by atoms with van der Waals surface area (Å²) in [5, 5.41) is 0. The number of rotatable bonds is 6. The van der Waals surface area contributed by atoms with Crippen molar-refractivity contribution in [2.45, 2.75) is 13.0 Å². The van der Waals surface area contributed by atoms with Crippen LogP contribution in [-0.4, -0.2) is 47.8 Å². The van der Waals surface area contributed by atoms with Crippen molar-refractivity contribution in [1.82, 2.24) is 9.80 Å². The lowest BCUT2D eigenvalue weighted by Crippen LogP contribution is -2.51. The molecule has 0 atom stereocenters. The molecule has 0 unspecified atom stereocenters. The van der Waals surface area contributed by atoms with E-state index in [1.807, 2.05) is 88.7 Å². The van der Waals surface area contributed by atoms with Gasteiger partial charge in [-0.05, 0) is 47.5 Å². The molecule has 1 fully saturated rings. The Morgan fingerprint density at radius 3 is 2.03 bits per heavy atom. The van der Waals surface area contributed by atoms with Crippen molar-refractivity contribution < 1.29 is 14.3 Å². The van der Waals surface area contributed by atoms with Gasteiger partial charge < -0.3 is 14.5 Å². The fraction of sp³-hybridized carbons (Fsp3) is 0.231. The van der Waals surface area contributed by atoms with Gasteiger partial charge in [0, 0.05) is 36.2 Å². The van der Waals surface area contributed by atoms with E-state index in [1.54, 1.807) is 0 Å². The standard InChI is InChI=1S/C26H25BrN2O3/c27-23-10-12-24(13-11-23)32-19-21-6-8-22(9-7-21)26(31)29-16-14-28(15-17-29)25(30)18-20-4-2-1-3-5-20/h1-13H,14-19H2. The van der Waals surface area contributed by atoms with Crippen molar-refractivity contribution in [1.29, 1.82) is 0 Å². The SMILES string of the molecule is O=C(Cc1ccccc1)N1CCN(C(=O)c2ccc(COc3ccc(Br)cc3)cc2)CC1. The van der Waals surface area contributed by atoms with Gasteiger partial charge in [0.05, 0.1) is 6.42 Å². The van der Waals surface area contributed by atoms with Crippen LogP contribution in [0.25, 0.3) is 0 Å². The summed E-state index contributed by atoms with van der Waals surface area (Å²) in [7, 11) is 0. The number of hydrogen-bond acceptors (Lipinski definition) is 3. The number of carbonyl (C=O) groups is 2. The average Bonchev–Trinajstić information content (AvgIpc) is 2.84. The molecular formula is C26H25BrN2O3. The highest BCUT2D eigenvalue weighted by Gasteiger charge is 2.24. The molecule has 1 aliphatic heterocycles. The molecule has 3 aromatic rings. The molecule has 0 bridgehead atoms. The first kappa shape index (κ1) is 22.1. The largest absolute Gasteiger partial charge is 0.489 e. The molecule has 1 saturated heterocycles. The number of benzene rings is 3. The minimum Gasteiger partial charge on any atom is -0.489 e. The molecule has 32 heavy (non-hydrogen) atoms. The first-order valence-electron chi connectivity index (χ1n) is 10.7. The van der Waals surface area contributed by atoms with Crippen LogP contribution in [0.2, 0.25) is 0 Å². The van der Waals surface area contributed by atoms with Gasteiger partial charge >= 0.3 is 0 Å². The molecule has 164 valence electrons. The monoisotopic (exact) mass is 492 g/mol. The summed E-state index contributed by atoms with van der Waals surface area (Å²) in [4.78, 5) is 29.1. The Kier molecular flexibility index (Phi) is 7.22. The molecule has 0 aromatic heterocycles. The Morgan fingerprint density at radius 2 is 1.38 bits per heavy atom. The first-order chi connectivity index (χ1) is 15.6. The van der Waals surface area contributed by atoms with E-state index in [9.17, 15) is 9.59 Å². The Hall–Kier alpha value is -3.12. The number of halogens is 1. The van der Waals surface area contributed by atoms with E-state index in [2.05, 4.69) is 15.9 Å². The minimum atomic E-state index is 0.000497. The van der Waals surface area contributed by atoms with Crippen molar-refractivity contribution >= 4 is 27.7 Å². The predicted molar refractivity (Wildman–Crippen MR) is 128 cm³/mol. The number of nitrogens with zero attached hydrogens (tertiary/aromatic N) is 2. The van der Waals surface area contributed by atoms with E-state index in [4.69, 9.17) is 4.74 Å². The fourth-order valence-corrected chi connectivity index (χ4v) is 3.93. The smallest absolute Gasteiger partial charge is 0.253 e. The summed E-state index contributed by atoms with van der Waals surface area (Å²) in [5.74, 6) is 0.909. The average molecular weight is 493 g/mol. The molecule has 0 saturated carbocycles. The van der Waals surface area contributed by atoms with Crippen molar-refractivity contribution in [3.8, 4) is 5.75 Å². The summed E-state index contributed by atoms with van der Waals surface area (Å²) >= 11 is 3.41. The second-order valence-electron chi connectivity index (χ2n) is 7.77. The zero-order valence-electron chi connectivity index (χ0n) is 17.7. The molecule has 0 radical (unpaired) electrons. The van der Waals surface area contributed by atoms with Crippen LogP contribution in [0.1, 0.15) is 21.5 Å². The van der Waals surface area contributed by atoms with Gasteiger partial charge in [-0.2, -0.15) is 0 Å². The number of ether oxygens (including phenoxy) is 1. The van der Waals surface area contributed by atoms with Gasteiger partial charge in [0.25, 0.3) is 5.91 Å². The maximum absolute atomic E-state index is 12.9. The molecule has 1 heterocycles. The van der Waals surface area contributed by atoms with E-state index < -0.39 is 0 Å².